The molecule has 0 spiro atoms. The molecule has 1 unspecified atom stereocenters. The summed E-state index contributed by atoms with van der Waals surface area (Å²) in [6.07, 6.45) is 12.7. The molecular weight excluding hydrogens is 196 g/mol. The van der Waals surface area contributed by atoms with Crippen molar-refractivity contribution in [1.82, 2.24) is 0 Å². The van der Waals surface area contributed by atoms with Gasteiger partial charge in [0.1, 0.15) is 5.78 Å². The Kier molecular flexibility index (Phi) is 10.9. The Hall–Kier alpha value is -0.330. The molecule has 0 aliphatic carbocycles. The fourth-order valence-corrected chi connectivity index (χ4v) is 2.33. The molecule has 0 bridgehead atoms. The van der Waals surface area contributed by atoms with Crippen LogP contribution >= 0.6 is 0 Å². The quantitative estimate of drug-likeness (QED) is 0.446. The van der Waals surface area contributed by atoms with Crippen LogP contribution in [0.3, 0.4) is 0 Å². The van der Waals surface area contributed by atoms with Crippen LogP contribution in [0.4, 0.5) is 0 Å². The van der Waals surface area contributed by atoms with Gasteiger partial charge in [-0.1, -0.05) is 65.2 Å². The fourth-order valence-electron chi connectivity index (χ4n) is 2.33. The van der Waals surface area contributed by atoms with Gasteiger partial charge in [-0.3, -0.25) is 0 Å². The Morgan fingerprint density at radius 2 is 1.50 bits per heavy atom. The minimum Gasteiger partial charge on any atom is -0.300 e. The molecule has 0 aromatic heterocycles. The Labute approximate surface area is 102 Å². The van der Waals surface area contributed by atoms with Gasteiger partial charge in [0.15, 0.2) is 0 Å². The Balaban J connectivity index is 3.54. The smallest absolute Gasteiger partial charge is 0.129 e. The Bertz CT molecular complexity index is 163. The zero-order chi connectivity index (χ0) is 12.2. The first kappa shape index (κ1) is 15.7. The van der Waals surface area contributed by atoms with Crippen molar-refractivity contribution < 1.29 is 4.79 Å². The highest BCUT2D eigenvalue weighted by atomic mass is 16.1. The second-order valence-corrected chi connectivity index (χ2v) is 5.10. The van der Waals surface area contributed by atoms with Gasteiger partial charge in [0.25, 0.3) is 0 Å². The summed E-state index contributed by atoms with van der Waals surface area (Å²) in [6, 6.07) is 0. The largest absolute Gasteiger partial charge is 0.300 e. The third-order valence-corrected chi connectivity index (χ3v) is 3.30. The lowest BCUT2D eigenvalue weighted by Crippen LogP contribution is -2.01. The van der Waals surface area contributed by atoms with Crippen LogP contribution < -0.4 is 0 Å². The molecule has 0 heterocycles. The summed E-state index contributed by atoms with van der Waals surface area (Å²) in [5, 5.41) is 0. The van der Waals surface area contributed by atoms with Crippen molar-refractivity contribution in [2.45, 2.75) is 85.0 Å². The number of carbonyl (C=O) groups is 1. The van der Waals surface area contributed by atoms with Crippen molar-refractivity contribution >= 4 is 5.78 Å². The van der Waals surface area contributed by atoms with Crippen LogP contribution in [0.25, 0.3) is 0 Å². The van der Waals surface area contributed by atoms with E-state index in [9.17, 15) is 4.79 Å². The van der Waals surface area contributed by atoms with Gasteiger partial charge >= 0.3 is 0 Å². The topological polar surface area (TPSA) is 17.1 Å². The monoisotopic (exact) mass is 226 g/mol. The summed E-state index contributed by atoms with van der Waals surface area (Å²) >= 11 is 0. The Morgan fingerprint density at radius 3 is 2.00 bits per heavy atom. The zero-order valence-electron chi connectivity index (χ0n) is 11.6. The molecule has 0 amide bonds. The standard InChI is InChI=1S/C15H30O/c1-4-6-7-12-15(10-5-2)13-9-8-11-14(3)16/h15H,4-13H2,1-3H3. The number of unbranched alkanes of at least 4 members (excludes halogenated alkanes) is 3. The molecule has 0 aliphatic rings. The van der Waals surface area contributed by atoms with E-state index in [1.54, 1.807) is 6.92 Å². The number of carbonyl (C=O) groups excluding carboxylic acids is 1. The van der Waals surface area contributed by atoms with Gasteiger partial charge in [-0.15, -0.1) is 0 Å². The van der Waals surface area contributed by atoms with E-state index in [2.05, 4.69) is 13.8 Å². The highest BCUT2D eigenvalue weighted by Gasteiger charge is 2.07. The highest BCUT2D eigenvalue weighted by Crippen LogP contribution is 2.22. The highest BCUT2D eigenvalue weighted by molar-refractivity contribution is 5.75. The first-order valence-corrected chi connectivity index (χ1v) is 7.20. The minimum atomic E-state index is 0.345. The van der Waals surface area contributed by atoms with Crippen LogP contribution in [0.5, 0.6) is 0 Å². The molecule has 0 radical (unpaired) electrons. The summed E-state index contributed by atoms with van der Waals surface area (Å²) in [5.74, 6) is 1.27. The number of hydrogen-bond acceptors (Lipinski definition) is 1. The summed E-state index contributed by atoms with van der Waals surface area (Å²) < 4.78 is 0. The number of ketones is 1. The van der Waals surface area contributed by atoms with Crippen LogP contribution in [-0.4, -0.2) is 5.78 Å². The second kappa shape index (κ2) is 11.2. The molecule has 0 saturated carbocycles. The third kappa shape index (κ3) is 10.2. The van der Waals surface area contributed by atoms with Crippen molar-refractivity contribution in [2.75, 3.05) is 0 Å². The van der Waals surface area contributed by atoms with Gasteiger partial charge in [0.05, 0.1) is 0 Å². The van der Waals surface area contributed by atoms with E-state index in [0.29, 0.717) is 5.78 Å². The summed E-state index contributed by atoms with van der Waals surface area (Å²) in [6.45, 7) is 6.24. The lowest BCUT2D eigenvalue weighted by molar-refractivity contribution is -0.117. The molecule has 0 rings (SSSR count). The van der Waals surface area contributed by atoms with E-state index in [4.69, 9.17) is 0 Å². The first-order valence-electron chi connectivity index (χ1n) is 7.20. The van der Waals surface area contributed by atoms with Crippen LogP contribution in [-0.2, 0) is 4.79 Å². The molecule has 0 saturated heterocycles. The van der Waals surface area contributed by atoms with Crippen LogP contribution in [0.1, 0.15) is 85.0 Å². The summed E-state index contributed by atoms with van der Waals surface area (Å²) in [5.41, 5.74) is 0. The second-order valence-electron chi connectivity index (χ2n) is 5.10. The van der Waals surface area contributed by atoms with Crippen molar-refractivity contribution in [1.29, 1.82) is 0 Å². The summed E-state index contributed by atoms with van der Waals surface area (Å²) in [4.78, 5) is 10.8. The molecule has 0 N–H and O–H groups in total. The maximum atomic E-state index is 10.8. The van der Waals surface area contributed by atoms with Gasteiger partial charge in [-0.25, -0.2) is 0 Å². The predicted octanol–water partition coefficient (Wildman–Crippen LogP) is 5.13. The molecule has 96 valence electrons. The van der Waals surface area contributed by atoms with Gasteiger partial charge < -0.3 is 4.79 Å². The molecule has 16 heavy (non-hydrogen) atoms. The van der Waals surface area contributed by atoms with Gasteiger partial charge in [-0.05, 0) is 19.3 Å². The van der Waals surface area contributed by atoms with E-state index in [-0.39, 0.29) is 0 Å². The third-order valence-electron chi connectivity index (χ3n) is 3.30. The molecule has 0 aromatic carbocycles. The maximum absolute atomic E-state index is 10.8. The van der Waals surface area contributed by atoms with E-state index in [0.717, 1.165) is 18.8 Å². The van der Waals surface area contributed by atoms with Crippen molar-refractivity contribution in [3.05, 3.63) is 0 Å². The number of rotatable bonds is 11. The summed E-state index contributed by atoms with van der Waals surface area (Å²) in [7, 11) is 0. The van der Waals surface area contributed by atoms with Crippen molar-refractivity contribution in [3.8, 4) is 0 Å². The fraction of sp³-hybridized carbons (Fsp3) is 0.933. The van der Waals surface area contributed by atoms with E-state index in [1.807, 2.05) is 0 Å². The number of Topliss-reactive ketones (excluding diaryl/α,β-unsaturated/α-hetero) is 1. The van der Waals surface area contributed by atoms with E-state index < -0.39 is 0 Å². The SMILES string of the molecule is CCCCCC(CCC)CCCCC(C)=O. The number of hydrogen-bond donors (Lipinski definition) is 0. The molecule has 0 fully saturated rings. The molecule has 1 nitrogen and oxygen atoms in total. The zero-order valence-corrected chi connectivity index (χ0v) is 11.6. The molecule has 0 aromatic rings. The Morgan fingerprint density at radius 1 is 0.875 bits per heavy atom. The van der Waals surface area contributed by atoms with Gasteiger partial charge in [0, 0.05) is 6.42 Å². The molecule has 1 heteroatoms. The first-order chi connectivity index (χ1) is 7.70. The van der Waals surface area contributed by atoms with E-state index in [1.165, 1.54) is 51.4 Å². The molecular formula is C15H30O. The lowest BCUT2D eigenvalue weighted by Gasteiger charge is -2.15. The van der Waals surface area contributed by atoms with Crippen LogP contribution in [0.15, 0.2) is 0 Å². The minimum absolute atomic E-state index is 0.345. The van der Waals surface area contributed by atoms with Gasteiger partial charge in [0.2, 0.25) is 0 Å². The maximum Gasteiger partial charge on any atom is 0.129 e. The normalized spacial score (nSPS) is 12.7. The van der Waals surface area contributed by atoms with Crippen molar-refractivity contribution in [3.63, 3.8) is 0 Å². The van der Waals surface area contributed by atoms with Crippen LogP contribution in [0.2, 0.25) is 0 Å². The molecule has 1 atom stereocenters. The lowest BCUT2D eigenvalue weighted by atomic mass is 9.91. The van der Waals surface area contributed by atoms with E-state index >= 15 is 0 Å². The van der Waals surface area contributed by atoms with Crippen LogP contribution in [0, 0.1) is 5.92 Å². The average molecular weight is 226 g/mol. The van der Waals surface area contributed by atoms with Crippen molar-refractivity contribution in [2.24, 2.45) is 5.92 Å². The molecule has 0 aliphatic heterocycles. The predicted molar refractivity (Wildman–Crippen MR) is 71.7 cm³/mol. The average Bonchev–Trinajstić information content (AvgIpc) is 2.24. The van der Waals surface area contributed by atoms with Gasteiger partial charge in [-0.2, -0.15) is 0 Å².